The Morgan fingerprint density at radius 1 is 1.14 bits per heavy atom. The second-order valence-corrected chi connectivity index (χ2v) is 6.35. The van der Waals surface area contributed by atoms with Gasteiger partial charge < -0.3 is 5.11 Å². The highest BCUT2D eigenvalue weighted by atomic mass is 32.2. The van der Waals surface area contributed by atoms with E-state index in [-0.39, 0.29) is 10.6 Å². The van der Waals surface area contributed by atoms with Crippen molar-refractivity contribution in [2.24, 2.45) is 0 Å². The third kappa shape index (κ3) is 3.72. The fourth-order valence-corrected chi connectivity index (χ4v) is 2.96. The van der Waals surface area contributed by atoms with E-state index in [9.17, 15) is 12.8 Å². The molecule has 0 aliphatic heterocycles. The van der Waals surface area contributed by atoms with E-state index in [1.807, 2.05) is 6.92 Å². The SMILES string of the molecule is CCCc1ccc(S(=O)(=O)Nc2ccc(O)c(F)c2)cc1. The van der Waals surface area contributed by atoms with Gasteiger partial charge in [0.1, 0.15) is 0 Å². The Hall–Kier alpha value is -2.08. The van der Waals surface area contributed by atoms with E-state index in [4.69, 9.17) is 5.11 Å². The maximum absolute atomic E-state index is 13.2. The van der Waals surface area contributed by atoms with Crippen molar-refractivity contribution in [1.82, 2.24) is 0 Å². The molecule has 0 fully saturated rings. The number of aryl methyl sites for hydroxylation is 1. The summed E-state index contributed by atoms with van der Waals surface area (Å²) in [6.07, 6.45) is 1.87. The fraction of sp³-hybridized carbons (Fsp3) is 0.200. The van der Waals surface area contributed by atoms with Crippen LogP contribution in [0.4, 0.5) is 10.1 Å². The highest BCUT2D eigenvalue weighted by molar-refractivity contribution is 7.92. The minimum atomic E-state index is -3.77. The number of hydrogen-bond acceptors (Lipinski definition) is 3. The maximum atomic E-state index is 13.2. The lowest BCUT2D eigenvalue weighted by molar-refractivity contribution is 0.432. The average Bonchev–Trinajstić information content (AvgIpc) is 2.44. The molecule has 2 aromatic rings. The molecular formula is C15H16FNO3S. The number of sulfonamides is 1. The van der Waals surface area contributed by atoms with E-state index in [2.05, 4.69) is 4.72 Å². The molecule has 2 N–H and O–H groups in total. The summed E-state index contributed by atoms with van der Waals surface area (Å²) in [5.41, 5.74) is 1.12. The first-order chi connectivity index (χ1) is 9.92. The van der Waals surface area contributed by atoms with Crippen LogP contribution in [0.15, 0.2) is 47.4 Å². The maximum Gasteiger partial charge on any atom is 0.261 e. The third-order valence-corrected chi connectivity index (χ3v) is 4.37. The first-order valence-corrected chi connectivity index (χ1v) is 8.01. The van der Waals surface area contributed by atoms with Crippen LogP contribution < -0.4 is 4.72 Å². The summed E-state index contributed by atoms with van der Waals surface area (Å²) in [5.74, 6) is -1.41. The lowest BCUT2D eigenvalue weighted by Crippen LogP contribution is -2.13. The van der Waals surface area contributed by atoms with Crippen LogP contribution in [0.3, 0.4) is 0 Å². The molecule has 21 heavy (non-hydrogen) atoms. The number of nitrogens with one attached hydrogen (secondary N) is 1. The predicted molar refractivity (Wildman–Crippen MR) is 79.3 cm³/mol. The van der Waals surface area contributed by atoms with Crippen LogP contribution in [0.2, 0.25) is 0 Å². The molecule has 0 spiro atoms. The van der Waals surface area contributed by atoms with Crippen LogP contribution in [0.1, 0.15) is 18.9 Å². The highest BCUT2D eigenvalue weighted by Gasteiger charge is 2.14. The van der Waals surface area contributed by atoms with E-state index in [0.29, 0.717) is 0 Å². The Bertz CT molecular complexity index is 727. The summed E-state index contributed by atoms with van der Waals surface area (Å²) >= 11 is 0. The van der Waals surface area contributed by atoms with Gasteiger partial charge in [0.05, 0.1) is 10.6 Å². The smallest absolute Gasteiger partial charge is 0.261 e. The standard InChI is InChI=1S/C15H16FNO3S/c1-2-3-11-4-7-13(8-5-11)21(19,20)17-12-6-9-15(18)14(16)10-12/h4-10,17-18H,2-3H2,1H3. The van der Waals surface area contributed by atoms with Crippen molar-refractivity contribution < 1.29 is 17.9 Å². The van der Waals surface area contributed by atoms with Gasteiger partial charge in [0.15, 0.2) is 11.6 Å². The lowest BCUT2D eigenvalue weighted by Gasteiger charge is -2.09. The van der Waals surface area contributed by atoms with Crippen LogP contribution in [-0.4, -0.2) is 13.5 Å². The zero-order chi connectivity index (χ0) is 15.5. The van der Waals surface area contributed by atoms with E-state index >= 15 is 0 Å². The topological polar surface area (TPSA) is 66.4 Å². The third-order valence-electron chi connectivity index (χ3n) is 2.97. The van der Waals surface area contributed by atoms with Crippen molar-refractivity contribution in [1.29, 1.82) is 0 Å². The minimum absolute atomic E-state index is 0.0583. The molecule has 6 heteroatoms. The van der Waals surface area contributed by atoms with Crippen molar-refractivity contribution in [3.63, 3.8) is 0 Å². The molecule has 0 bridgehead atoms. The van der Waals surface area contributed by atoms with Gasteiger partial charge in [-0.2, -0.15) is 0 Å². The Morgan fingerprint density at radius 2 is 1.81 bits per heavy atom. The zero-order valence-corrected chi connectivity index (χ0v) is 12.3. The number of halogens is 1. The molecule has 0 atom stereocenters. The van der Waals surface area contributed by atoms with Gasteiger partial charge in [-0.15, -0.1) is 0 Å². The molecule has 2 rings (SSSR count). The van der Waals surface area contributed by atoms with Crippen molar-refractivity contribution in [3.8, 4) is 5.75 Å². The molecule has 0 heterocycles. The molecule has 0 aromatic heterocycles. The molecule has 0 unspecified atom stereocenters. The second kappa shape index (κ2) is 6.13. The first-order valence-electron chi connectivity index (χ1n) is 6.52. The van der Waals surface area contributed by atoms with Gasteiger partial charge in [-0.3, -0.25) is 4.72 Å². The largest absolute Gasteiger partial charge is 0.505 e. The Kier molecular flexibility index (Phi) is 4.47. The number of rotatable bonds is 5. The number of anilines is 1. The zero-order valence-electron chi connectivity index (χ0n) is 11.5. The van der Waals surface area contributed by atoms with Crippen LogP contribution in [0.25, 0.3) is 0 Å². The molecule has 2 aromatic carbocycles. The average molecular weight is 309 g/mol. The summed E-state index contributed by atoms with van der Waals surface area (Å²) in [6.45, 7) is 2.05. The summed E-state index contributed by atoms with van der Waals surface area (Å²) in [7, 11) is -3.77. The van der Waals surface area contributed by atoms with Gasteiger partial charge >= 0.3 is 0 Å². The second-order valence-electron chi connectivity index (χ2n) is 4.67. The molecule has 112 valence electrons. The van der Waals surface area contributed by atoms with Gasteiger partial charge in [0.25, 0.3) is 10.0 Å². The monoisotopic (exact) mass is 309 g/mol. The van der Waals surface area contributed by atoms with Gasteiger partial charge in [-0.05, 0) is 36.2 Å². The molecular weight excluding hydrogens is 293 g/mol. The minimum Gasteiger partial charge on any atom is -0.505 e. The van der Waals surface area contributed by atoms with Gasteiger partial charge in [-0.1, -0.05) is 25.5 Å². The molecule has 0 amide bonds. The van der Waals surface area contributed by atoms with Crippen molar-refractivity contribution in [2.75, 3.05) is 4.72 Å². The number of phenols is 1. The number of benzene rings is 2. The van der Waals surface area contributed by atoms with Crippen LogP contribution >= 0.6 is 0 Å². The summed E-state index contributed by atoms with van der Waals surface area (Å²) in [6, 6.07) is 9.87. The van der Waals surface area contributed by atoms with Crippen molar-refractivity contribution in [3.05, 3.63) is 53.8 Å². The summed E-state index contributed by atoms with van der Waals surface area (Å²) in [4.78, 5) is 0.107. The number of hydrogen-bond donors (Lipinski definition) is 2. The van der Waals surface area contributed by atoms with E-state index in [0.717, 1.165) is 30.5 Å². The Morgan fingerprint density at radius 3 is 2.38 bits per heavy atom. The summed E-state index contributed by atoms with van der Waals surface area (Å²) < 4.78 is 39.8. The molecule has 0 saturated heterocycles. The van der Waals surface area contributed by atoms with Gasteiger partial charge in [0.2, 0.25) is 0 Å². The molecule has 0 aliphatic rings. The van der Waals surface area contributed by atoms with Crippen molar-refractivity contribution >= 4 is 15.7 Å². The number of aromatic hydroxyl groups is 1. The lowest BCUT2D eigenvalue weighted by atomic mass is 10.1. The van der Waals surface area contributed by atoms with E-state index < -0.39 is 21.6 Å². The van der Waals surface area contributed by atoms with Crippen LogP contribution in [0, 0.1) is 5.82 Å². The van der Waals surface area contributed by atoms with Crippen molar-refractivity contribution in [2.45, 2.75) is 24.7 Å². The van der Waals surface area contributed by atoms with E-state index in [1.54, 1.807) is 12.1 Å². The predicted octanol–water partition coefficient (Wildman–Crippen LogP) is 3.28. The molecule has 0 saturated carbocycles. The normalized spacial score (nSPS) is 11.3. The van der Waals surface area contributed by atoms with Gasteiger partial charge in [-0.25, -0.2) is 12.8 Å². The first kappa shape index (κ1) is 15.3. The Balaban J connectivity index is 2.23. The number of phenolic OH excluding ortho intramolecular Hbond substituents is 1. The Labute approximate surface area is 123 Å². The summed E-state index contributed by atoms with van der Waals surface area (Å²) in [5, 5.41) is 9.09. The van der Waals surface area contributed by atoms with Crippen LogP contribution in [0.5, 0.6) is 5.75 Å². The van der Waals surface area contributed by atoms with E-state index in [1.165, 1.54) is 18.2 Å². The quantitative estimate of drug-likeness (QED) is 0.833. The highest BCUT2D eigenvalue weighted by Crippen LogP contribution is 2.22. The molecule has 4 nitrogen and oxygen atoms in total. The molecule has 0 aliphatic carbocycles. The molecule has 0 radical (unpaired) electrons. The van der Waals surface area contributed by atoms with Crippen LogP contribution in [-0.2, 0) is 16.4 Å². The van der Waals surface area contributed by atoms with Gasteiger partial charge in [0, 0.05) is 6.07 Å². The fourth-order valence-electron chi connectivity index (χ4n) is 1.91.